The zero-order valence-electron chi connectivity index (χ0n) is 17.9. The summed E-state index contributed by atoms with van der Waals surface area (Å²) in [5.74, 6) is 1.42. The van der Waals surface area contributed by atoms with Crippen LogP contribution < -0.4 is 14.8 Å². The third-order valence-electron chi connectivity index (χ3n) is 5.22. The molecule has 2 aromatic carbocycles. The molecule has 0 saturated carbocycles. The Bertz CT molecular complexity index is 1220. The second kappa shape index (κ2) is 10.1. The summed E-state index contributed by atoms with van der Waals surface area (Å²) in [4.78, 5) is 18.0. The van der Waals surface area contributed by atoms with E-state index >= 15 is 0 Å². The Morgan fingerprint density at radius 2 is 1.88 bits per heavy atom. The van der Waals surface area contributed by atoms with Crippen LogP contribution in [0, 0.1) is 0 Å². The first-order valence-electron chi connectivity index (χ1n) is 10.3. The molecule has 0 aliphatic heterocycles. The van der Waals surface area contributed by atoms with Crippen LogP contribution in [0.25, 0.3) is 16.2 Å². The van der Waals surface area contributed by atoms with Crippen molar-refractivity contribution >= 4 is 33.8 Å². The third-order valence-corrected chi connectivity index (χ3v) is 6.36. The van der Waals surface area contributed by atoms with Gasteiger partial charge in [-0.25, -0.2) is 4.98 Å². The van der Waals surface area contributed by atoms with Crippen molar-refractivity contribution < 1.29 is 14.3 Å². The van der Waals surface area contributed by atoms with Gasteiger partial charge < -0.3 is 14.8 Å². The second-order valence-corrected chi connectivity index (χ2v) is 8.57. The summed E-state index contributed by atoms with van der Waals surface area (Å²) >= 11 is 7.56. The normalized spacial score (nSPS) is 11.0. The van der Waals surface area contributed by atoms with E-state index in [4.69, 9.17) is 21.1 Å². The van der Waals surface area contributed by atoms with Crippen LogP contribution >= 0.6 is 22.9 Å². The van der Waals surface area contributed by atoms with Gasteiger partial charge in [-0.15, -0.1) is 11.3 Å². The molecule has 1 N–H and O–H groups in total. The van der Waals surface area contributed by atoms with Gasteiger partial charge >= 0.3 is 0 Å². The highest BCUT2D eigenvalue weighted by Crippen LogP contribution is 2.28. The van der Waals surface area contributed by atoms with Crippen molar-refractivity contribution in [2.75, 3.05) is 20.8 Å². The number of nitrogens with zero attached hydrogens (tertiary/aromatic N) is 2. The predicted molar refractivity (Wildman–Crippen MR) is 128 cm³/mol. The quantitative estimate of drug-likeness (QED) is 0.373. The predicted octanol–water partition coefficient (Wildman–Crippen LogP) is 5.02. The maximum atomic E-state index is 12.4. The van der Waals surface area contributed by atoms with Gasteiger partial charge in [-0.1, -0.05) is 29.8 Å². The van der Waals surface area contributed by atoms with Gasteiger partial charge in [0, 0.05) is 40.8 Å². The van der Waals surface area contributed by atoms with Gasteiger partial charge in [-0.3, -0.25) is 9.20 Å². The number of rotatable bonds is 9. The number of carbonyl (C=O) groups excluding carboxylic acids is 1. The van der Waals surface area contributed by atoms with E-state index in [1.54, 1.807) is 25.6 Å². The number of halogens is 1. The third kappa shape index (κ3) is 5.06. The molecule has 0 saturated heterocycles. The molecule has 0 radical (unpaired) electrons. The van der Waals surface area contributed by atoms with Gasteiger partial charge in [0.1, 0.15) is 0 Å². The van der Waals surface area contributed by atoms with Crippen molar-refractivity contribution in [1.82, 2.24) is 14.7 Å². The van der Waals surface area contributed by atoms with Crippen molar-refractivity contribution in [3.8, 4) is 22.8 Å². The molecule has 0 aliphatic rings. The zero-order chi connectivity index (χ0) is 22.5. The lowest BCUT2D eigenvalue weighted by molar-refractivity contribution is -0.121. The molecule has 8 heteroatoms. The molecule has 2 heterocycles. The number of fused-ring (bicyclic) bond motifs is 1. The van der Waals surface area contributed by atoms with Crippen LogP contribution in [0.5, 0.6) is 11.5 Å². The fraction of sp³-hybridized carbons (Fsp3) is 0.250. The summed E-state index contributed by atoms with van der Waals surface area (Å²) < 4.78 is 12.6. The fourth-order valence-corrected chi connectivity index (χ4v) is 4.51. The standard InChI is InChI=1S/C24H24ClN3O3S/c1-30-21-9-3-16(13-22(21)31-2)11-12-26-23(29)10-8-19-15-32-24-27-20(14-28(19)24)17-4-6-18(25)7-5-17/h3-7,9,13-15H,8,10-12H2,1-2H3,(H,26,29). The van der Waals surface area contributed by atoms with Gasteiger partial charge in [0.25, 0.3) is 0 Å². The molecule has 4 rings (SSSR count). The van der Waals surface area contributed by atoms with Crippen LogP contribution in [0.1, 0.15) is 17.7 Å². The van der Waals surface area contributed by atoms with Crippen LogP contribution in [0.4, 0.5) is 0 Å². The molecule has 1 amide bonds. The van der Waals surface area contributed by atoms with Gasteiger partial charge in [0.2, 0.25) is 5.91 Å². The van der Waals surface area contributed by atoms with Crippen molar-refractivity contribution in [3.05, 3.63) is 70.3 Å². The Morgan fingerprint density at radius 3 is 2.62 bits per heavy atom. The number of thiazole rings is 1. The maximum Gasteiger partial charge on any atom is 0.220 e. The molecule has 4 aromatic rings. The van der Waals surface area contributed by atoms with Crippen molar-refractivity contribution in [1.29, 1.82) is 0 Å². The number of ether oxygens (including phenoxy) is 2. The molecule has 0 spiro atoms. The molecule has 0 bridgehead atoms. The number of aryl methyl sites for hydroxylation is 1. The van der Waals surface area contributed by atoms with Crippen molar-refractivity contribution in [3.63, 3.8) is 0 Å². The van der Waals surface area contributed by atoms with Gasteiger partial charge in [0.05, 0.1) is 19.9 Å². The topological polar surface area (TPSA) is 64.9 Å². The minimum Gasteiger partial charge on any atom is -0.493 e. The molecule has 0 atom stereocenters. The SMILES string of the molecule is COc1ccc(CCNC(=O)CCc2csc3nc(-c4ccc(Cl)cc4)cn23)cc1OC. The van der Waals surface area contributed by atoms with E-state index in [1.165, 1.54) is 0 Å². The molecule has 0 aliphatic carbocycles. The fourth-order valence-electron chi connectivity index (χ4n) is 3.48. The largest absolute Gasteiger partial charge is 0.493 e. The van der Waals surface area contributed by atoms with E-state index in [0.29, 0.717) is 35.9 Å². The smallest absolute Gasteiger partial charge is 0.220 e. The molecular weight excluding hydrogens is 446 g/mol. The minimum atomic E-state index is 0.0304. The van der Waals surface area contributed by atoms with Gasteiger partial charge in [-0.05, 0) is 42.7 Å². The Hall–Kier alpha value is -3.03. The summed E-state index contributed by atoms with van der Waals surface area (Å²) in [6, 6.07) is 13.4. The molecule has 32 heavy (non-hydrogen) atoms. The number of imidazole rings is 1. The lowest BCUT2D eigenvalue weighted by atomic mass is 10.1. The first-order valence-corrected chi connectivity index (χ1v) is 11.5. The first kappa shape index (κ1) is 22.2. The molecule has 2 aromatic heterocycles. The number of benzene rings is 2. The minimum absolute atomic E-state index is 0.0304. The van der Waals surface area contributed by atoms with E-state index in [2.05, 4.69) is 20.1 Å². The Kier molecular flexibility index (Phi) is 6.97. The number of hydrogen-bond acceptors (Lipinski definition) is 5. The number of amides is 1. The number of nitrogens with one attached hydrogen (secondary N) is 1. The van der Waals surface area contributed by atoms with Crippen LogP contribution in [0.15, 0.2) is 54.0 Å². The lowest BCUT2D eigenvalue weighted by Crippen LogP contribution is -2.26. The number of hydrogen-bond donors (Lipinski definition) is 1. The Labute approximate surface area is 195 Å². The lowest BCUT2D eigenvalue weighted by Gasteiger charge is -2.10. The summed E-state index contributed by atoms with van der Waals surface area (Å²) in [7, 11) is 3.23. The molecule has 0 unspecified atom stereocenters. The highest BCUT2D eigenvalue weighted by molar-refractivity contribution is 7.15. The van der Waals surface area contributed by atoms with Gasteiger partial charge in [0.15, 0.2) is 16.5 Å². The Morgan fingerprint density at radius 1 is 1.09 bits per heavy atom. The highest BCUT2D eigenvalue weighted by Gasteiger charge is 2.11. The van der Waals surface area contributed by atoms with Crippen LogP contribution in [0.2, 0.25) is 5.02 Å². The summed E-state index contributed by atoms with van der Waals surface area (Å²) in [5.41, 5.74) is 4.07. The summed E-state index contributed by atoms with van der Waals surface area (Å²) in [6.45, 7) is 0.569. The van der Waals surface area contributed by atoms with E-state index in [-0.39, 0.29) is 5.91 Å². The van der Waals surface area contributed by atoms with Crippen LogP contribution in [-0.2, 0) is 17.6 Å². The average Bonchev–Trinajstić information content (AvgIpc) is 3.39. The molecule has 166 valence electrons. The first-order chi connectivity index (χ1) is 15.6. The van der Waals surface area contributed by atoms with Crippen LogP contribution in [0.3, 0.4) is 0 Å². The van der Waals surface area contributed by atoms with E-state index < -0.39 is 0 Å². The number of methoxy groups -OCH3 is 2. The maximum absolute atomic E-state index is 12.4. The molecule has 6 nitrogen and oxygen atoms in total. The van der Waals surface area contributed by atoms with Crippen molar-refractivity contribution in [2.24, 2.45) is 0 Å². The summed E-state index contributed by atoms with van der Waals surface area (Å²) in [5, 5.41) is 5.76. The van der Waals surface area contributed by atoms with E-state index in [9.17, 15) is 4.79 Å². The van der Waals surface area contributed by atoms with Crippen LogP contribution in [-0.4, -0.2) is 36.1 Å². The number of aromatic nitrogens is 2. The zero-order valence-corrected chi connectivity index (χ0v) is 19.5. The van der Waals surface area contributed by atoms with E-state index in [1.807, 2.05) is 48.7 Å². The summed E-state index contributed by atoms with van der Waals surface area (Å²) in [6.07, 6.45) is 3.81. The number of carbonyl (C=O) groups is 1. The van der Waals surface area contributed by atoms with Gasteiger partial charge in [-0.2, -0.15) is 0 Å². The monoisotopic (exact) mass is 469 g/mol. The molecule has 0 fully saturated rings. The average molecular weight is 470 g/mol. The van der Waals surface area contributed by atoms with E-state index in [0.717, 1.165) is 33.9 Å². The molecular formula is C24H24ClN3O3S. The second-order valence-electron chi connectivity index (χ2n) is 7.30. The van der Waals surface area contributed by atoms with Crippen molar-refractivity contribution in [2.45, 2.75) is 19.3 Å². The highest BCUT2D eigenvalue weighted by atomic mass is 35.5. The Balaban J connectivity index is 1.31.